The molecule has 1 N–H and O–H groups in total. The van der Waals surface area contributed by atoms with Crippen molar-refractivity contribution in [2.45, 2.75) is 20.8 Å². The van der Waals surface area contributed by atoms with Crippen LogP contribution >= 0.6 is 0 Å². The molecule has 0 atom stereocenters. The highest BCUT2D eigenvalue weighted by Crippen LogP contribution is 2.26. The molecule has 0 unspecified atom stereocenters. The number of aromatic nitrogens is 4. The average molecular weight is 311 g/mol. The second kappa shape index (κ2) is 5.16. The lowest BCUT2D eigenvalue weighted by Gasteiger charge is -2.31. The molecule has 0 saturated carbocycles. The molecule has 3 aromatic rings. The van der Waals surface area contributed by atoms with Gasteiger partial charge in [0.25, 0.3) is 0 Å². The fourth-order valence-corrected chi connectivity index (χ4v) is 3.47. The first-order chi connectivity index (χ1) is 11.0. The highest BCUT2D eigenvalue weighted by Gasteiger charge is 2.22. The summed E-state index contributed by atoms with van der Waals surface area (Å²) in [6.45, 7) is 10.6. The zero-order chi connectivity index (χ0) is 16.1. The molecule has 0 aromatic carbocycles. The van der Waals surface area contributed by atoms with Crippen molar-refractivity contribution in [2.75, 3.05) is 38.1 Å². The summed E-state index contributed by atoms with van der Waals surface area (Å²) in [6, 6.07) is 4.24. The van der Waals surface area contributed by atoms with E-state index in [4.69, 9.17) is 10.1 Å². The van der Waals surface area contributed by atoms with Crippen molar-refractivity contribution in [2.24, 2.45) is 0 Å². The quantitative estimate of drug-likeness (QED) is 0.713. The Hall–Kier alpha value is -2.21. The summed E-state index contributed by atoms with van der Waals surface area (Å²) in [5, 5.41) is 5.84. The molecule has 4 heterocycles. The van der Waals surface area contributed by atoms with E-state index in [0.29, 0.717) is 0 Å². The maximum absolute atomic E-state index is 4.77. The number of fused-ring (bicyclic) bond motifs is 3. The molecule has 1 saturated heterocycles. The Morgan fingerprint density at radius 2 is 1.70 bits per heavy atom. The zero-order valence-electron chi connectivity index (χ0n) is 14.2. The van der Waals surface area contributed by atoms with Crippen LogP contribution < -0.4 is 9.80 Å². The van der Waals surface area contributed by atoms with Crippen LogP contribution in [-0.4, -0.2) is 52.8 Å². The van der Waals surface area contributed by atoms with E-state index in [0.717, 1.165) is 60.1 Å². The van der Waals surface area contributed by atoms with Crippen molar-refractivity contribution in [1.29, 1.82) is 0 Å². The van der Waals surface area contributed by atoms with E-state index in [2.05, 4.69) is 42.9 Å². The molecule has 0 amide bonds. The standard InChI is InChI=1S/C17H22N6/c1-11-9-12(2)18-16-15(11)17-19-13(3)10-14(23(17)20-16)22-7-5-21(4)6-8-22/h9-10H,5-8H2,1-4H3/p+1. The number of hydrogen-bond donors (Lipinski definition) is 1. The smallest absolute Gasteiger partial charge is 0.184 e. The van der Waals surface area contributed by atoms with Crippen LogP contribution in [0.5, 0.6) is 0 Å². The molecule has 23 heavy (non-hydrogen) atoms. The topological polar surface area (TPSA) is 50.8 Å². The molecule has 120 valence electrons. The van der Waals surface area contributed by atoms with Crippen LogP contribution in [-0.2, 0) is 0 Å². The minimum Gasteiger partial charge on any atom is -0.345 e. The number of nitrogens with one attached hydrogen (secondary N) is 1. The van der Waals surface area contributed by atoms with Gasteiger partial charge in [-0.25, -0.2) is 9.97 Å². The van der Waals surface area contributed by atoms with Gasteiger partial charge >= 0.3 is 0 Å². The van der Waals surface area contributed by atoms with Gasteiger partial charge in [0.1, 0.15) is 5.82 Å². The minimum atomic E-state index is 0.793. The molecule has 4 rings (SSSR count). The average Bonchev–Trinajstić information content (AvgIpc) is 2.85. The molecular weight excluding hydrogens is 288 g/mol. The minimum absolute atomic E-state index is 0.793. The zero-order valence-corrected chi connectivity index (χ0v) is 14.2. The molecule has 6 nitrogen and oxygen atoms in total. The van der Waals surface area contributed by atoms with Crippen molar-refractivity contribution in [3.63, 3.8) is 0 Å². The van der Waals surface area contributed by atoms with Crippen LogP contribution in [0, 0.1) is 20.8 Å². The van der Waals surface area contributed by atoms with Gasteiger partial charge in [-0.05, 0) is 32.4 Å². The highest BCUT2D eigenvalue weighted by atomic mass is 15.4. The summed E-state index contributed by atoms with van der Waals surface area (Å²) in [6.07, 6.45) is 0. The monoisotopic (exact) mass is 311 g/mol. The molecular formula is C17H23N6+. The van der Waals surface area contributed by atoms with Crippen LogP contribution in [0.3, 0.4) is 0 Å². The fraction of sp³-hybridized carbons (Fsp3) is 0.471. The van der Waals surface area contributed by atoms with Crippen molar-refractivity contribution in [3.8, 4) is 0 Å². The molecule has 0 spiro atoms. The number of nitrogens with zero attached hydrogens (tertiary/aromatic N) is 5. The summed E-state index contributed by atoms with van der Waals surface area (Å²) in [5.41, 5.74) is 4.93. The number of likely N-dealkylation sites (N-methyl/N-ethyl adjacent to an activating group) is 1. The van der Waals surface area contributed by atoms with Gasteiger partial charge in [-0.2, -0.15) is 4.52 Å². The van der Waals surface area contributed by atoms with E-state index >= 15 is 0 Å². The van der Waals surface area contributed by atoms with Crippen LogP contribution in [0.4, 0.5) is 5.82 Å². The van der Waals surface area contributed by atoms with Gasteiger partial charge in [-0.1, -0.05) is 0 Å². The predicted molar refractivity (Wildman–Crippen MR) is 91.3 cm³/mol. The lowest BCUT2D eigenvalue weighted by Crippen LogP contribution is -3.12. The summed E-state index contributed by atoms with van der Waals surface area (Å²) < 4.78 is 1.98. The first-order valence-electron chi connectivity index (χ1n) is 8.23. The number of anilines is 1. The molecule has 1 aliphatic heterocycles. The fourth-order valence-electron chi connectivity index (χ4n) is 3.47. The van der Waals surface area contributed by atoms with E-state index in [-0.39, 0.29) is 0 Å². The third-order valence-corrected chi connectivity index (χ3v) is 4.72. The molecule has 1 fully saturated rings. The Kier molecular flexibility index (Phi) is 3.23. The van der Waals surface area contributed by atoms with E-state index in [9.17, 15) is 0 Å². The molecule has 3 aromatic heterocycles. The lowest BCUT2D eigenvalue weighted by atomic mass is 10.2. The maximum atomic E-state index is 4.77. The molecule has 0 radical (unpaired) electrons. The van der Waals surface area contributed by atoms with Gasteiger partial charge in [0.05, 0.1) is 38.6 Å². The number of hydrogen-bond acceptors (Lipinski definition) is 4. The largest absolute Gasteiger partial charge is 0.345 e. The summed E-state index contributed by atoms with van der Waals surface area (Å²) in [4.78, 5) is 13.4. The van der Waals surface area contributed by atoms with Crippen molar-refractivity contribution in [3.05, 3.63) is 29.1 Å². The van der Waals surface area contributed by atoms with Gasteiger partial charge < -0.3 is 9.80 Å². The number of aryl methyl sites for hydroxylation is 3. The van der Waals surface area contributed by atoms with Gasteiger partial charge in [0, 0.05) is 17.5 Å². The maximum Gasteiger partial charge on any atom is 0.184 e. The Balaban J connectivity index is 1.96. The number of piperazine rings is 1. The second-order valence-corrected chi connectivity index (χ2v) is 6.71. The van der Waals surface area contributed by atoms with Gasteiger partial charge in [0.15, 0.2) is 11.3 Å². The Bertz CT molecular complexity index is 889. The third-order valence-electron chi connectivity index (χ3n) is 4.72. The number of rotatable bonds is 1. The molecule has 1 aliphatic rings. The van der Waals surface area contributed by atoms with Crippen LogP contribution in [0.15, 0.2) is 12.1 Å². The van der Waals surface area contributed by atoms with Gasteiger partial charge in [0.2, 0.25) is 0 Å². The molecule has 0 aliphatic carbocycles. The van der Waals surface area contributed by atoms with Crippen LogP contribution in [0.2, 0.25) is 0 Å². The molecule has 0 bridgehead atoms. The second-order valence-electron chi connectivity index (χ2n) is 6.71. The lowest BCUT2D eigenvalue weighted by molar-refractivity contribution is -0.880. The summed E-state index contributed by atoms with van der Waals surface area (Å²) in [7, 11) is 2.25. The van der Waals surface area contributed by atoms with Crippen molar-refractivity contribution in [1.82, 2.24) is 19.6 Å². The van der Waals surface area contributed by atoms with Crippen LogP contribution in [0.1, 0.15) is 17.0 Å². The number of pyridine rings is 1. The van der Waals surface area contributed by atoms with Gasteiger partial charge in [-0.15, -0.1) is 5.10 Å². The highest BCUT2D eigenvalue weighted by molar-refractivity contribution is 5.93. The Labute approximate surface area is 135 Å². The van der Waals surface area contributed by atoms with E-state index < -0.39 is 0 Å². The Morgan fingerprint density at radius 1 is 1.00 bits per heavy atom. The normalized spacial score (nSPS) is 16.6. The predicted octanol–water partition coefficient (Wildman–Crippen LogP) is 0.537. The van der Waals surface area contributed by atoms with E-state index in [1.54, 1.807) is 4.90 Å². The van der Waals surface area contributed by atoms with E-state index in [1.807, 2.05) is 11.4 Å². The van der Waals surface area contributed by atoms with Crippen molar-refractivity contribution >= 4 is 22.5 Å². The van der Waals surface area contributed by atoms with Gasteiger partial charge in [-0.3, -0.25) is 0 Å². The van der Waals surface area contributed by atoms with Crippen molar-refractivity contribution < 1.29 is 4.90 Å². The van der Waals surface area contributed by atoms with Crippen LogP contribution in [0.25, 0.3) is 16.7 Å². The Morgan fingerprint density at radius 3 is 2.43 bits per heavy atom. The molecule has 6 heteroatoms. The van der Waals surface area contributed by atoms with E-state index in [1.165, 1.54) is 5.56 Å². The SMILES string of the molecule is Cc1cc(C)c2c(n1)nn1c(N3CC[NH+](C)CC3)cc(C)nc21. The number of quaternary nitrogens is 1. The third kappa shape index (κ3) is 2.34. The first-order valence-corrected chi connectivity index (χ1v) is 8.23. The summed E-state index contributed by atoms with van der Waals surface area (Å²) >= 11 is 0. The first kappa shape index (κ1) is 14.4. The summed E-state index contributed by atoms with van der Waals surface area (Å²) in [5.74, 6) is 1.13.